The van der Waals surface area contributed by atoms with Gasteiger partial charge in [0.15, 0.2) is 5.13 Å². The molecule has 0 unspecified atom stereocenters. The van der Waals surface area contributed by atoms with Crippen molar-refractivity contribution in [3.63, 3.8) is 0 Å². The highest BCUT2D eigenvalue weighted by Crippen LogP contribution is 2.27. The molecular weight excluding hydrogens is 393 g/mol. The zero-order valence-electron chi connectivity index (χ0n) is 12.6. The molecule has 0 saturated heterocycles. The average Bonchev–Trinajstić information content (AvgIpc) is 3.03. The highest BCUT2D eigenvalue weighted by atomic mass is 79.9. The van der Waals surface area contributed by atoms with Crippen molar-refractivity contribution in [2.24, 2.45) is 0 Å². The first-order valence-corrected chi connectivity index (χ1v) is 8.74. The SMILES string of the molecule is CNc1cc(F)ccc1C(=O)Nc1nc(-c2ccc(Br)cc2)cs1. The van der Waals surface area contributed by atoms with E-state index in [1.165, 1.54) is 29.5 Å². The molecule has 0 bridgehead atoms. The Labute approximate surface area is 150 Å². The molecule has 0 aliphatic rings. The minimum Gasteiger partial charge on any atom is -0.387 e. The van der Waals surface area contributed by atoms with Gasteiger partial charge < -0.3 is 5.32 Å². The summed E-state index contributed by atoms with van der Waals surface area (Å²) in [6, 6.07) is 11.7. The van der Waals surface area contributed by atoms with E-state index in [-0.39, 0.29) is 5.91 Å². The van der Waals surface area contributed by atoms with E-state index in [1.807, 2.05) is 29.6 Å². The van der Waals surface area contributed by atoms with E-state index in [2.05, 4.69) is 31.5 Å². The standard InChI is InChI=1S/C17H13BrFN3OS/c1-20-14-8-12(19)6-7-13(14)16(23)22-17-21-15(9-24-17)10-2-4-11(18)5-3-10/h2-9,20H,1H3,(H,21,22,23). The number of carbonyl (C=O) groups is 1. The second-order valence-electron chi connectivity index (χ2n) is 4.94. The van der Waals surface area contributed by atoms with Crippen LogP contribution in [0.3, 0.4) is 0 Å². The number of nitrogens with zero attached hydrogens (tertiary/aromatic N) is 1. The van der Waals surface area contributed by atoms with Crippen molar-refractivity contribution >= 4 is 44.0 Å². The van der Waals surface area contributed by atoms with Crippen LogP contribution in [-0.2, 0) is 0 Å². The number of nitrogens with one attached hydrogen (secondary N) is 2. The number of thiazole rings is 1. The molecule has 0 spiro atoms. The van der Waals surface area contributed by atoms with Crippen molar-refractivity contribution in [1.82, 2.24) is 4.98 Å². The lowest BCUT2D eigenvalue weighted by Gasteiger charge is -2.08. The number of hydrogen-bond acceptors (Lipinski definition) is 4. The summed E-state index contributed by atoms with van der Waals surface area (Å²) in [4.78, 5) is 16.8. The monoisotopic (exact) mass is 405 g/mol. The molecule has 0 saturated carbocycles. The third kappa shape index (κ3) is 3.63. The van der Waals surface area contributed by atoms with Crippen molar-refractivity contribution in [3.8, 4) is 11.3 Å². The molecule has 122 valence electrons. The Morgan fingerprint density at radius 2 is 1.96 bits per heavy atom. The Morgan fingerprint density at radius 3 is 2.67 bits per heavy atom. The number of aromatic nitrogens is 1. The lowest BCUT2D eigenvalue weighted by Crippen LogP contribution is -2.14. The topological polar surface area (TPSA) is 54.0 Å². The minimum atomic E-state index is -0.400. The van der Waals surface area contributed by atoms with Crippen LogP contribution in [0.1, 0.15) is 10.4 Å². The highest BCUT2D eigenvalue weighted by Gasteiger charge is 2.14. The second-order valence-corrected chi connectivity index (χ2v) is 6.71. The van der Waals surface area contributed by atoms with Gasteiger partial charge in [0.2, 0.25) is 0 Å². The summed E-state index contributed by atoms with van der Waals surface area (Å²) in [6.45, 7) is 0. The molecule has 2 aromatic carbocycles. The predicted molar refractivity (Wildman–Crippen MR) is 99.1 cm³/mol. The first-order valence-electron chi connectivity index (χ1n) is 7.07. The van der Waals surface area contributed by atoms with E-state index in [0.717, 1.165) is 15.7 Å². The Morgan fingerprint density at radius 1 is 1.21 bits per heavy atom. The summed E-state index contributed by atoms with van der Waals surface area (Å²) >= 11 is 4.73. The van der Waals surface area contributed by atoms with Crippen LogP contribution in [-0.4, -0.2) is 17.9 Å². The van der Waals surface area contributed by atoms with Gasteiger partial charge in [-0.2, -0.15) is 0 Å². The summed E-state index contributed by atoms with van der Waals surface area (Å²) in [5.74, 6) is -0.737. The lowest BCUT2D eigenvalue weighted by molar-refractivity contribution is 0.102. The highest BCUT2D eigenvalue weighted by molar-refractivity contribution is 9.10. The molecule has 3 rings (SSSR count). The number of anilines is 2. The molecule has 0 radical (unpaired) electrons. The van der Waals surface area contributed by atoms with Crippen molar-refractivity contribution < 1.29 is 9.18 Å². The van der Waals surface area contributed by atoms with Gasteiger partial charge in [-0.1, -0.05) is 28.1 Å². The molecule has 0 atom stereocenters. The van der Waals surface area contributed by atoms with Gasteiger partial charge in [-0.15, -0.1) is 11.3 Å². The summed E-state index contributed by atoms with van der Waals surface area (Å²) in [7, 11) is 1.64. The Balaban J connectivity index is 1.79. The summed E-state index contributed by atoms with van der Waals surface area (Å²) in [5, 5.41) is 7.94. The average molecular weight is 406 g/mol. The van der Waals surface area contributed by atoms with Crippen LogP contribution < -0.4 is 10.6 Å². The predicted octanol–water partition coefficient (Wildman–Crippen LogP) is 5.01. The summed E-state index contributed by atoms with van der Waals surface area (Å²) < 4.78 is 14.3. The number of benzene rings is 2. The van der Waals surface area contributed by atoms with Crippen LogP contribution >= 0.6 is 27.3 Å². The van der Waals surface area contributed by atoms with Gasteiger partial charge in [-0.3, -0.25) is 10.1 Å². The molecule has 7 heteroatoms. The largest absolute Gasteiger partial charge is 0.387 e. The fourth-order valence-electron chi connectivity index (χ4n) is 2.17. The molecule has 24 heavy (non-hydrogen) atoms. The summed E-state index contributed by atoms with van der Waals surface area (Å²) in [5.41, 5.74) is 2.54. The van der Waals surface area contributed by atoms with Crippen molar-refractivity contribution in [1.29, 1.82) is 0 Å². The molecule has 0 fully saturated rings. The third-order valence-electron chi connectivity index (χ3n) is 3.36. The van der Waals surface area contributed by atoms with Gasteiger partial charge in [0, 0.05) is 28.2 Å². The number of hydrogen-bond donors (Lipinski definition) is 2. The quantitative estimate of drug-likeness (QED) is 0.641. The molecular formula is C17H13BrFN3OS. The number of carbonyl (C=O) groups excluding carboxylic acids is 1. The minimum absolute atomic E-state index is 0.337. The van der Waals surface area contributed by atoms with Crippen molar-refractivity contribution in [2.75, 3.05) is 17.7 Å². The molecule has 1 aromatic heterocycles. The zero-order valence-corrected chi connectivity index (χ0v) is 15.0. The third-order valence-corrected chi connectivity index (χ3v) is 4.65. The normalized spacial score (nSPS) is 10.5. The maximum atomic E-state index is 13.3. The number of halogens is 2. The molecule has 0 aliphatic heterocycles. The fraction of sp³-hybridized carbons (Fsp3) is 0.0588. The molecule has 1 amide bonds. The number of amides is 1. The van der Waals surface area contributed by atoms with E-state index in [4.69, 9.17) is 0 Å². The lowest BCUT2D eigenvalue weighted by atomic mass is 10.1. The summed E-state index contributed by atoms with van der Waals surface area (Å²) in [6.07, 6.45) is 0. The molecule has 0 aliphatic carbocycles. The maximum Gasteiger partial charge on any atom is 0.259 e. The number of rotatable bonds is 4. The van der Waals surface area contributed by atoms with Crippen LogP contribution in [0.2, 0.25) is 0 Å². The first-order chi connectivity index (χ1) is 11.6. The van der Waals surface area contributed by atoms with Gasteiger partial charge in [0.1, 0.15) is 5.82 Å². The van der Waals surface area contributed by atoms with Crippen molar-refractivity contribution in [3.05, 3.63) is 63.7 Å². The van der Waals surface area contributed by atoms with E-state index in [9.17, 15) is 9.18 Å². The second kappa shape index (κ2) is 7.11. The maximum absolute atomic E-state index is 13.3. The van der Waals surface area contributed by atoms with Crippen LogP contribution in [0.4, 0.5) is 15.2 Å². The molecule has 1 heterocycles. The van der Waals surface area contributed by atoms with Gasteiger partial charge in [-0.25, -0.2) is 9.37 Å². The van der Waals surface area contributed by atoms with Crippen LogP contribution in [0, 0.1) is 5.82 Å². The van der Waals surface area contributed by atoms with E-state index in [1.54, 1.807) is 7.05 Å². The molecule has 4 nitrogen and oxygen atoms in total. The zero-order chi connectivity index (χ0) is 17.1. The van der Waals surface area contributed by atoms with E-state index < -0.39 is 5.82 Å². The Bertz CT molecular complexity index is 880. The van der Waals surface area contributed by atoms with E-state index in [0.29, 0.717) is 16.4 Å². The van der Waals surface area contributed by atoms with Crippen LogP contribution in [0.25, 0.3) is 11.3 Å². The Kier molecular flexibility index (Phi) is 4.92. The van der Waals surface area contributed by atoms with Gasteiger partial charge >= 0.3 is 0 Å². The Hall–Kier alpha value is -2.25. The molecule has 3 aromatic rings. The van der Waals surface area contributed by atoms with Gasteiger partial charge in [0.25, 0.3) is 5.91 Å². The van der Waals surface area contributed by atoms with Gasteiger partial charge in [0.05, 0.1) is 11.3 Å². The van der Waals surface area contributed by atoms with Crippen LogP contribution in [0.15, 0.2) is 52.3 Å². The fourth-order valence-corrected chi connectivity index (χ4v) is 3.15. The van der Waals surface area contributed by atoms with Crippen LogP contribution in [0.5, 0.6) is 0 Å². The smallest absolute Gasteiger partial charge is 0.259 e. The first kappa shape index (κ1) is 16.6. The van der Waals surface area contributed by atoms with Crippen molar-refractivity contribution in [2.45, 2.75) is 0 Å². The molecule has 2 N–H and O–H groups in total. The van der Waals surface area contributed by atoms with Gasteiger partial charge in [-0.05, 0) is 30.3 Å². The van der Waals surface area contributed by atoms with E-state index >= 15 is 0 Å².